The average Bonchev–Trinajstić information content (AvgIpc) is 2.57. The number of hydrogen-bond acceptors (Lipinski definition) is 2. The van der Waals surface area contributed by atoms with Gasteiger partial charge >= 0.3 is 0 Å². The molecular formula is C19H25ClO2. The molecule has 0 aliphatic rings. The van der Waals surface area contributed by atoms with Crippen molar-refractivity contribution in [1.82, 2.24) is 0 Å². The normalized spacial score (nSPS) is 10.9. The van der Waals surface area contributed by atoms with Crippen molar-refractivity contribution in [2.45, 2.75) is 39.5 Å². The van der Waals surface area contributed by atoms with E-state index in [-0.39, 0.29) is 0 Å². The summed E-state index contributed by atoms with van der Waals surface area (Å²) in [5.41, 5.74) is 1.19. The number of halogens is 1. The molecule has 0 fully saturated rings. The summed E-state index contributed by atoms with van der Waals surface area (Å²) in [5, 5.41) is 2.22. The van der Waals surface area contributed by atoms with Crippen LogP contribution in [-0.4, -0.2) is 19.1 Å². The number of ether oxygens (including phenoxy) is 2. The molecule has 0 aromatic heterocycles. The predicted octanol–water partition coefficient (Wildman–Crippen LogP) is 5.59. The highest BCUT2D eigenvalue weighted by Gasteiger charge is 2.13. The van der Waals surface area contributed by atoms with E-state index in [4.69, 9.17) is 21.1 Å². The van der Waals surface area contributed by atoms with Gasteiger partial charge in [0, 0.05) is 10.8 Å². The zero-order valence-corrected chi connectivity index (χ0v) is 14.3. The lowest BCUT2D eigenvalue weighted by Gasteiger charge is -2.17. The van der Waals surface area contributed by atoms with Crippen molar-refractivity contribution in [3.8, 4) is 11.5 Å². The van der Waals surface area contributed by atoms with Crippen LogP contribution >= 0.6 is 11.6 Å². The number of rotatable bonds is 9. The van der Waals surface area contributed by atoms with Gasteiger partial charge in [0.2, 0.25) is 0 Å². The van der Waals surface area contributed by atoms with Gasteiger partial charge in [-0.05, 0) is 24.5 Å². The van der Waals surface area contributed by atoms with Gasteiger partial charge in [0.25, 0.3) is 0 Å². The average molecular weight is 321 g/mol. The van der Waals surface area contributed by atoms with Crippen molar-refractivity contribution in [2.75, 3.05) is 19.1 Å². The minimum atomic E-state index is 0.491. The van der Waals surface area contributed by atoms with Gasteiger partial charge in [-0.1, -0.05) is 51.0 Å². The van der Waals surface area contributed by atoms with Gasteiger partial charge in [-0.15, -0.1) is 11.6 Å². The molecule has 0 aliphatic heterocycles. The standard InChI is InChI=1S/C19H25ClO2/c1-3-5-8-12-22-19-15(4-2)14-18(21-13-11-20)16-9-6-7-10-17(16)19/h6-7,9-10,14H,3-5,8,11-13H2,1-2H3. The summed E-state index contributed by atoms with van der Waals surface area (Å²) < 4.78 is 11.9. The van der Waals surface area contributed by atoms with Crippen LogP contribution in [0.3, 0.4) is 0 Å². The molecule has 0 saturated carbocycles. The molecule has 0 saturated heterocycles. The quantitative estimate of drug-likeness (QED) is 0.443. The van der Waals surface area contributed by atoms with Crippen molar-refractivity contribution >= 4 is 22.4 Å². The number of alkyl halides is 1. The summed E-state index contributed by atoms with van der Waals surface area (Å²) in [5.74, 6) is 2.40. The lowest BCUT2D eigenvalue weighted by Crippen LogP contribution is -2.03. The molecule has 2 aromatic carbocycles. The second-order valence-electron chi connectivity index (χ2n) is 5.36. The van der Waals surface area contributed by atoms with Crippen LogP contribution in [0.15, 0.2) is 30.3 Å². The monoisotopic (exact) mass is 320 g/mol. The van der Waals surface area contributed by atoms with Gasteiger partial charge in [-0.3, -0.25) is 0 Å². The third kappa shape index (κ3) is 4.07. The second kappa shape index (κ2) is 8.89. The van der Waals surface area contributed by atoms with Crippen LogP contribution in [0.2, 0.25) is 0 Å². The first-order valence-electron chi connectivity index (χ1n) is 8.18. The molecule has 0 aliphatic carbocycles. The Morgan fingerprint density at radius 2 is 1.73 bits per heavy atom. The number of benzene rings is 2. The Morgan fingerprint density at radius 1 is 0.955 bits per heavy atom. The van der Waals surface area contributed by atoms with Crippen LogP contribution < -0.4 is 9.47 Å². The maximum Gasteiger partial charge on any atom is 0.130 e. The lowest BCUT2D eigenvalue weighted by atomic mass is 10.0. The Bertz CT molecular complexity index is 595. The van der Waals surface area contributed by atoms with E-state index < -0.39 is 0 Å². The van der Waals surface area contributed by atoms with Crippen LogP contribution in [0, 0.1) is 0 Å². The van der Waals surface area contributed by atoms with Gasteiger partial charge < -0.3 is 9.47 Å². The van der Waals surface area contributed by atoms with Crippen LogP contribution in [0.5, 0.6) is 11.5 Å². The lowest BCUT2D eigenvalue weighted by molar-refractivity contribution is 0.305. The molecule has 2 nitrogen and oxygen atoms in total. The first kappa shape index (κ1) is 17.0. The van der Waals surface area contributed by atoms with Crippen molar-refractivity contribution in [2.24, 2.45) is 0 Å². The highest BCUT2D eigenvalue weighted by atomic mass is 35.5. The molecule has 0 radical (unpaired) electrons. The summed E-state index contributed by atoms with van der Waals surface area (Å²) in [6, 6.07) is 10.4. The van der Waals surface area contributed by atoms with E-state index in [1.165, 1.54) is 18.4 Å². The van der Waals surface area contributed by atoms with E-state index in [2.05, 4.69) is 32.0 Å². The first-order chi connectivity index (χ1) is 10.8. The van der Waals surface area contributed by atoms with E-state index in [1.54, 1.807) is 0 Å². The Morgan fingerprint density at radius 3 is 2.41 bits per heavy atom. The van der Waals surface area contributed by atoms with Gasteiger partial charge in [0.1, 0.15) is 18.1 Å². The van der Waals surface area contributed by atoms with Gasteiger partial charge in [-0.2, -0.15) is 0 Å². The minimum absolute atomic E-state index is 0.491. The highest BCUT2D eigenvalue weighted by molar-refractivity contribution is 6.18. The van der Waals surface area contributed by atoms with Crippen molar-refractivity contribution in [3.05, 3.63) is 35.9 Å². The smallest absolute Gasteiger partial charge is 0.130 e. The van der Waals surface area contributed by atoms with Gasteiger partial charge in [-0.25, -0.2) is 0 Å². The van der Waals surface area contributed by atoms with Crippen LogP contribution in [0.4, 0.5) is 0 Å². The first-order valence-corrected chi connectivity index (χ1v) is 8.71. The van der Waals surface area contributed by atoms with E-state index in [0.717, 1.165) is 41.7 Å². The van der Waals surface area contributed by atoms with E-state index in [1.807, 2.05) is 12.1 Å². The maximum atomic E-state index is 6.12. The van der Waals surface area contributed by atoms with E-state index >= 15 is 0 Å². The largest absolute Gasteiger partial charge is 0.493 e. The van der Waals surface area contributed by atoms with Gasteiger partial charge in [0.05, 0.1) is 12.5 Å². The Hall–Kier alpha value is -1.41. The molecule has 2 aromatic rings. The molecule has 22 heavy (non-hydrogen) atoms. The molecule has 0 N–H and O–H groups in total. The summed E-state index contributed by atoms with van der Waals surface area (Å²) in [6.07, 6.45) is 4.43. The number of fused-ring (bicyclic) bond motifs is 1. The molecule has 0 atom stereocenters. The van der Waals surface area contributed by atoms with E-state index in [0.29, 0.717) is 12.5 Å². The maximum absolute atomic E-state index is 6.12. The summed E-state index contributed by atoms with van der Waals surface area (Å²) >= 11 is 5.76. The third-order valence-electron chi connectivity index (χ3n) is 3.74. The van der Waals surface area contributed by atoms with Crippen molar-refractivity contribution in [3.63, 3.8) is 0 Å². The number of hydrogen-bond donors (Lipinski definition) is 0. The van der Waals surface area contributed by atoms with Crippen molar-refractivity contribution < 1.29 is 9.47 Å². The van der Waals surface area contributed by atoms with E-state index in [9.17, 15) is 0 Å². The summed E-state index contributed by atoms with van der Waals surface area (Å²) in [4.78, 5) is 0. The van der Waals surface area contributed by atoms with Crippen LogP contribution in [0.25, 0.3) is 10.8 Å². The minimum Gasteiger partial charge on any atom is -0.493 e. The molecular weight excluding hydrogens is 296 g/mol. The number of aryl methyl sites for hydroxylation is 1. The summed E-state index contributed by atoms with van der Waals surface area (Å²) in [7, 11) is 0. The molecule has 120 valence electrons. The van der Waals surface area contributed by atoms with Crippen molar-refractivity contribution in [1.29, 1.82) is 0 Å². The molecule has 3 heteroatoms. The summed E-state index contributed by atoms with van der Waals surface area (Å²) in [6.45, 7) is 5.64. The number of unbranched alkanes of at least 4 members (excludes halogenated alkanes) is 2. The van der Waals surface area contributed by atoms with Crippen LogP contribution in [0.1, 0.15) is 38.7 Å². The predicted molar refractivity (Wildman–Crippen MR) is 94.6 cm³/mol. The molecule has 0 heterocycles. The molecule has 0 bridgehead atoms. The second-order valence-corrected chi connectivity index (χ2v) is 5.73. The fourth-order valence-corrected chi connectivity index (χ4v) is 2.67. The topological polar surface area (TPSA) is 18.5 Å². The Balaban J connectivity index is 2.36. The Kier molecular flexibility index (Phi) is 6.85. The molecule has 0 amide bonds. The fraction of sp³-hybridized carbons (Fsp3) is 0.474. The molecule has 0 spiro atoms. The SMILES string of the molecule is CCCCCOc1c(CC)cc(OCCCl)c2ccccc12. The molecule has 2 rings (SSSR count). The zero-order chi connectivity index (χ0) is 15.8. The molecule has 0 unspecified atom stereocenters. The van der Waals surface area contributed by atoms with Gasteiger partial charge in [0.15, 0.2) is 0 Å². The van der Waals surface area contributed by atoms with Crippen LogP contribution in [-0.2, 0) is 6.42 Å². The highest BCUT2D eigenvalue weighted by Crippen LogP contribution is 2.37. The Labute approximate surface area is 138 Å². The fourth-order valence-electron chi connectivity index (χ4n) is 2.60. The zero-order valence-electron chi connectivity index (χ0n) is 13.5. The third-order valence-corrected chi connectivity index (χ3v) is 3.90.